The van der Waals surface area contributed by atoms with Crippen molar-refractivity contribution in [2.24, 2.45) is 16.3 Å². The van der Waals surface area contributed by atoms with Crippen LogP contribution in [0.2, 0.25) is 0 Å². The molecule has 1 aliphatic heterocycles. The van der Waals surface area contributed by atoms with Crippen LogP contribution in [0.3, 0.4) is 0 Å². The number of nitrogens with zero attached hydrogens (tertiary/aromatic N) is 1. The second-order valence-electron chi connectivity index (χ2n) is 9.13. The molecule has 0 bridgehead atoms. The molecule has 30 heavy (non-hydrogen) atoms. The average Bonchev–Trinajstić information content (AvgIpc) is 2.99. The zero-order valence-electron chi connectivity index (χ0n) is 17.6. The summed E-state index contributed by atoms with van der Waals surface area (Å²) in [7, 11) is 0. The van der Waals surface area contributed by atoms with E-state index >= 15 is 0 Å². The molecule has 1 heterocycles. The number of benzene rings is 2. The number of fused-ring (bicyclic) bond motifs is 3. The zero-order valence-corrected chi connectivity index (χ0v) is 17.6. The number of carbonyl (C=O) groups excluding carboxylic acids is 2. The third-order valence-electron chi connectivity index (χ3n) is 6.40. The van der Waals surface area contributed by atoms with Crippen LogP contribution in [0.25, 0.3) is 0 Å². The van der Waals surface area contributed by atoms with Crippen molar-refractivity contribution in [2.45, 2.75) is 39.5 Å². The first kappa shape index (κ1) is 19.0. The summed E-state index contributed by atoms with van der Waals surface area (Å²) in [6, 6.07) is 15.5. The van der Waals surface area contributed by atoms with E-state index in [1.807, 2.05) is 55.5 Å². The molecule has 2 aliphatic carbocycles. The lowest BCUT2D eigenvalue weighted by atomic mass is 9.66. The van der Waals surface area contributed by atoms with E-state index in [-0.39, 0.29) is 22.9 Å². The second kappa shape index (κ2) is 6.76. The van der Waals surface area contributed by atoms with Crippen LogP contribution in [0.5, 0.6) is 5.75 Å². The molecule has 5 rings (SSSR count). The fraction of sp³-hybridized carbons (Fsp3) is 0.346. The number of carbonyl (C=O) groups is 2. The first-order valence-electron chi connectivity index (χ1n) is 10.6. The maximum Gasteiger partial charge on any atom is 0.173 e. The van der Waals surface area contributed by atoms with Crippen molar-refractivity contribution in [3.05, 3.63) is 76.5 Å². The second-order valence-corrected chi connectivity index (χ2v) is 9.13. The molecule has 0 aromatic heterocycles. The van der Waals surface area contributed by atoms with Gasteiger partial charge in [0.2, 0.25) is 0 Å². The third kappa shape index (κ3) is 2.78. The Kier molecular flexibility index (Phi) is 4.28. The van der Waals surface area contributed by atoms with Gasteiger partial charge in [0.25, 0.3) is 0 Å². The molecule has 0 amide bonds. The maximum atomic E-state index is 13.5. The van der Waals surface area contributed by atoms with Crippen LogP contribution >= 0.6 is 0 Å². The van der Waals surface area contributed by atoms with Gasteiger partial charge in [-0.1, -0.05) is 56.3 Å². The summed E-state index contributed by atoms with van der Waals surface area (Å²) in [5.74, 6) is 0.0418. The summed E-state index contributed by atoms with van der Waals surface area (Å²) in [5.41, 5.74) is 4.70. The first-order valence-corrected chi connectivity index (χ1v) is 10.6. The Morgan fingerprint density at radius 1 is 0.967 bits per heavy atom. The van der Waals surface area contributed by atoms with Gasteiger partial charge in [0.05, 0.1) is 18.2 Å². The molecule has 0 saturated heterocycles. The van der Waals surface area contributed by atoms with Gasteiger partial charge in [-0.25, -0.2) is 0 Å². The minimum absolute atomic E-state index is 0.0461. The molecule has 152 valence electrons. The summed E-state index contributed by atoms with van der Waals surface area (Å²) in [4.78, 5) is 31.9. The molecule has 2 aromatic rings. The molecular weight excluding hydrogens is 374 g/mol. The summed E-state index contributed by atoms with van der Waals surface area (Å²) in [6.07, 6.45) is 1.20. The largest absolute Gasteiger partial charge is 0.494 e. The van der Waals surface area contributed by atoms with E-state index in [4.69, 9.17) is 9.73 Å². The lowest BCUT2D eigenvalue weighted by Crippen LogP contribution is -2.37. The van der Waals surface area contributed by atoms with E-state index in [1.165, 1.54) is 0 Å². The van der Waals surface area contributed by atoms with Crippen molar-refractivity contribution in [1.82, 2.24) is 0 Å². The summed E-state index contributed by atoms with van der Waals surface area (Å²) >= 11 is 0. The monoisotopic (exact) mass is 399 g/mol. The van der Waals surface area contributed by atoms with Crippen molar-refractivity contribution in [2.75, 3.05) is 6.61 Å². The Morgan fingerprint density at radius 2 is 1.67 bits per heavy atom. The van der Waals surface area contributed by atoms with Gasteiger partial charge in [-0.2, -0.15) is 0 Å². The van der Waals surface area contributed by atoms with Gasteiger partial charge in [0, 0.05) is 40.3 Å². The SMILES string of the molecule is CCOc1ccccc1[C@H]1C2=C(CC(C)(C)CC2=O)N=C2c3ccccc3C(=O)[C@H]21. The van der Waals surface area contributed by atoms with E-state index in [9.17, 15) is 9.59 Å². The van der Waals surface area contributed by atoms with Crippen LogP contribution in [0, 0.1) is 11.3 Å². The van der Waals surface area contributed by atoms with Crippen molar-refractivity contribution in [3.8, 4) is 5.75 Å². The number of allylic oxidation sites excluding steroid dienone is 2. The quantitative estimate of drug-likeness (QED) is 0.719. The number of ketones is 2. The highest BCUT2D eigenvalue weighted by Crippen LogP contribution is 2.52. The van der Waals surface area contributed by atoms with Gasteiger partial charge in [0.15, 0.2) is 11.6 Å². The predicted molar refractivity (Wildman–Crippen MR) is 116 cm³/mol. The Hall–Kier alpha value is -3.01. The topological polar surface area (TPSA) is 55.7 Å². The van der Waals surface area contributed by atoms with Crippen LogP contribution in [-0.2, 0) is 4.79 Å². The third-order valence-corrected chi connectivity index (χ3v) is 6.40. The van der Waals surface area contributed by atoms with Crippen LogP contribution in [-0.4, -0.2) is 23.9 Å². The van der Waals surface area contributed by atoms with Crippen molar-refractivity contribution in [3.63, 3.8) is 0 Å². The zero-order chi connectivity index (χ0) is 21.0. The highest BCUT2D eigenvalue weighted by atomic mass is 16.5. The fourth-order valence-corrected chi connectivity index (χ4v) is 5.25. The summed E-state index contributed by atoms with van der Waals surface area (Å²) in [5, 5.41) is 0. The normalized spacial score (nSPS) is 24.2. The standard InChI is InChI=1S/C26H25NO3/c1-4-30-20-12-8-7-11-17(20)21-22-18(13-26(2,3)14-19(22)28)27-24-15-9-5-6-10-16(15)25(29)23(21)24/h5-12,21,23H,4,13-14H2,1-3H3/t21-,23-/m0/s1. The first-order chi connectivity index (χ1) is 14.4. The molecule has 3 aliphatic rings. The highest BCUT2D eigenvalue weighted by molar-refractivity contribution is 6.30. The average molecular weight is 399 g/mol. The van der Waals surface area contributed by atoms with E-state index in [2.05, 4.69) is 13.8 Å². The van der Waals surface area contributed by atoms with Gasteiger partial charge in [0.1, 0.15) is 5.75 Å². The predicted octanol–water partition coefficient (Wildman–Crippen LogP) is 5.13. The number of para-hydroxylation sites is 1. The minimum atomic E-state index is -0.479. The lowest BCUT2D eigenvalue weighted by Gasteiger charge is -2.38. The van der Waals surface area contributed by atoms with E-state index < -0.39 is 5.92 Å². The minimum Gasteiger partial charge on any atom is -0.494 e. The smallest absolute Gasteiger partial charge is 0.173 e. The highest BCUT2D eigenvalue weighted by Gasteiger charge is 2.50. The fourth-order valence-electron chi connectivity index (χ4n) is 5.25. The molecule has 0 saturated carbocycles. The van der Waals surface area contributed by atoms with Crippen LogP contribution in [0.15, 0.2) is 64.8 Å². The summed E-state index contributed by atoms with van der Waals surface area (Å²) in [6.45, 7) is 6.69. The molecule has 2 aromatic carbocycles. The molecular formula is C26H25NO3. The van der Waals surface area contributed by atoms with E-state index in [1.54, 1.807) is 0 Å². The number of ether oxygens (including phenoxy) is 1. The molecule has 0 radical (unpaired) electrons. The summed E-state index contributed by atoms with van der Waals surface area (Å²) < 4.78 is 5.92. The van der Waals surface area contributed by atoms with Gasteiger partial charge < -0.3 is 4.74 Å². The number of hydrogen-bond acceptors (Lipinski definition) is 4. The van der Waals surface area contributed by atoms with Crippen LogP contribution < -0.4 is 4.74 Å². The van der Waals surface area contributed by atoms with Gasteiger partial charge in [-0.3, -0.25) is 14.6 Å². The molecule has 0 fully saturated rings. The maximum absolute atomic E-state index is 13.5. The Morgan fingerprint density at radius 3 is 2.43 bits per heavy atom. The number of aliphatic imine (C=N–C) groups is 1. The number of hydrogen-bond donors (Lipinski definition) is 0. The van der Waals surface area contributed by atoms with Crippen molar-refractivity contribution < 1.29 is 14.3 Å². The van der Waals surface area contributed by atoms with Crippen molar-refractivity contribution in [1.29, 1.82) is 0 Å². The molecule has 0 N–H and O–H groups in total. The molecule has 0 spiro atoms. The Bertz CT molecular complexity index is 1140. The number of rotatable bonds is 3. The van der Waals surface area contributed by atoms with Gasteiger partial charge >= 0.3 is 0 Å². The van der Waals surface area contributed by atoms with E-state index in [0.717, 1.165) is 34.7 Å². The Labute approximate surface area is 176 Å². The van der Waals surface area contributed by atoms with Gasteiger partial charge in [-0.05, 0) is 24.8 Å². The van der Waals surface area contributed by atoms with E-state index in [0.29, 0.717) is 24.2 Å². The van der Waals surface area contributed by atoms with Crippen molar-refractivity contribution >= 4 is 17.3 Å². The number of Topliss-reactive ketones (excluding diaryl/α,β-unsaturated/α-hetero) is 2. The molecule has 4 heteroatoms. The Balaban J connectivity index is 1.77. The van der Waals surface area contributed by atoms with Crippen LogP contribution in [0.1, 0.15) is 61.0 Å². The van der Waals surface area contributed by atoms with Gasteiger partial charge in [-0.15, -0.1) is 0 Å². The van der Waals surface area contributed by atoms with Crippen LogP contribution in [0.4, 0.5) is 0 Å². The lowest BCUT2D eigenvalue weighted by molar-refractivity contribution is -0.118. The molecule has 2 atom stereocenters. The molecule has 4 nitrogen and oxygen atoms in total. The molecule has 0 unspecified atom stereocenters.